The summed E-state index contributed by atoms with van der Waals surface area (Å²) in [5.41, 5.74) is 6.67. The van der Waals surface area contributed by atoms with Crippen LogP contribution in [0.3, 0.4) is 0 Å². The fraction of sp³-hybridized carbons (Fsp3) is 0.556. The number of aryl methyl sites for hydroxylation is 1. The highest BCUT2D eigenvalue weighted by Crippen LogP contribution is 2.10. The van der Waals surface area contributed by atoms with Crippen LogP contribution in [0.5, 0.6) is 0 Å². The molecule has 0 spiro atoms. The fourth-order valence-electron chi connectivity index (χ4n) is 1.17. The number of nitrogens with two attached hydrogens (primary N) is 1. The molecule has 68 valence electrons. The van der Waals surface area contributed by atoms with Crippen LogP contribution >= 0.6 is 0 Å². The highest BCUT2D eigenvalue weighted by atomic mass is 16.3. The lowest BCUT2D eigenvalue weighted by Gasteiger charge is -2.14. The average Bonchev–Trinajstić information content (AvgIpc) is 2.37. The molecule has 0 saturated carbocycles. The Morgan fingerprint density at radius 2 is 2.33 bits per heavy atom. The van der Waals surface area contributed by atoms with Crippen LogP contribution < -0.4 is 5.73 Å². The van der Waals surface area contributed by atoms with Crippen molar-refractivity contribution in [3.63, 3.8) is 0 Å². The van der Waals surface area contributed by atoms with Crippen LogP contribution in [0.1, 0.15) is 11.3 Å². The van der Waals surface area contributed by atoms with Gasteiger partial charge in [0.05, 0.1) is 6.26 Å². The van der Waals surface area contributed by atoms with Gasteiger partial charge in [-0.15, -0.1) is 0 Å². The van der Waals surface area contributed by atoms with E-state index in [1.54, 1.807) is 6.26 Å². The maximum Gasteiger partial charge on any atom is 0.105 e. The molecule has 0 aliphatic rings. The predicted octanol–water partition coefficient (Wildman–Crippen LogP) is 0.979. The number of hydrogen-bond acceptors (Lipinski definition) is 3. The molecule has 0 bridgehead atoms. The number of hydrogen-bond donors (Lipinski definition) is 1. The third kappa shape index (κ3) is 2.36. The molecule has 0 saturated heterocycles. The SMILES string of the molecule is Cc1occc1CN(C)CCN. The Labute approximate surface area is 73.2 Å². The molecule has 1 rings (SSSR count). The summed E-state index contributed by atoms with van der Waals surface area (Å²) in [6, 6.07) is 2.00. The Morgan fingerprint density at radius 1 is 1.58 bits per heavy atom. The van der Waals surface area contributed by atoms with E-state index in [1.807, 2.05) is 13.0 Å². The Morgan fingerprint density at radius 3 is 2.83 bits per heavy atom. The molecular formula is C9H16N2O. The topological polar surface area (TPSA) is 42.4 Å². The highest BCUT2D eigenvalue weighted by Gasteiger charge is 2.03. The summed E-state index contributed by atoms with van der Waals surface area (Å²) < 4.78 is 5.19. The fourth-order valence-corrected chi connectivity index (χ4v) is 1.17. The maximum absolute atomic E-state index is 5.43. The van der Waals surface area contributed by atoms with Crippen molar-refractivity contribution in [3.05, 3.63) is 23.7 Å². The summed E-state index contributed by atoms with van der Waals surface area (Å²) in [4.78, 5) is 2.18. The van der Waals surface area contributed by atoms with Gasteiger partial charge in [-0.05, 0) is 20.0 Å². The third-order valence-corrected chi connectivity index (χ3v) is 1.92. The van der Waals surface area contributed by atoms with E-state index in [-0.39, 0.29) is 0 Å². The van der Waals surface area contributed by atoms with E-state index >= 15 is 0 Å². The molecule has 0 aliphatic heterocycles. The third-order valence-electron chi connectivity index (χ3n) is 1.92. The molecule has 0 aliphatic carbocycles. The normalized spacial score (nSPS) is 11.0. The molecule has 0 unspecified atom stereocenters. The first-order valence-corrected chi connectivity index (χ1v) is 4.15. The van der Waals surface area contributed by atoms with E-state index in [2.05, 4.69) is 11.9 Å². The van der Waals surface area contributed by atoms with E-state index in [1.165, 1.54) is 5.56 Å². The molecule has 0 atom stereocenters. The quantitative estimate of drug-likeness (QED) is 0.728. The highest BCUT2D eigenvalue weighted by molar-refractivity contribution is 5.14. The lowest BCUT2D eigenvalue weighted by Crippen LogP contribution is -2.24. The van der Waals surface area contributed by atoms with Gasteiger partial charge in [0, 0.05) is 25.2 Å². The number of likely N-dealkylation sites (N-methyl/N-ethyl adjacent to an activating group) is 1. The second-order valence-corrected chi connectivity index (χ2v) is 3.03. The standard InChI is InChI=1S/C9H16N2O/c1-8-9(3-6-12-8)7-11(2)5-4-10/h3,6H,4-5,7,10H2,1-2H3. The van der Waals surface area contributed by atoms with Crippen LogP contribution in [0, 0.1) is 6.92 Å². The van der Waals surface area contributed by atoms with Crippen LogP contribution in [0.25, 0.3) is 0 Å². The minimum Gasteiger partial charge on any atom is -0.469 e. The molecule has 0 amide bonds. The van der Waals surface area contributed by atoms with E-state index in [0.717, 1.165) is 18.8 Å². The second kappa shape index (κ2) is 4.28. The van der Waals surface area contributed by atoms with Gasteiger partial charge in [0.15, 0.2) is 0 Å². The van der Waals surface area contributed by atoms with Crippen molar-refractivity contribution in [2.45, 2.75) is 13.5 Å². The van der Waals surface area contributed by atoms with Gasteiger partial charge in [-0.1, -0.05) is 0 Å². The Balaban J connectivity index is 2.46. The van der Waals surface area contributed by atoms with Crippen molar-refractivity contribution in [2.24, 2.45) is 5.73 Å². The summed E-state index contributed by atoms with van der Waals surface area (Å²) in [6.07, 6.45) is 1.72. The lowest BCUT2D eigenvalue weighted by molar-refractivity contribution is 0.333. The second-order valence-electron chi connectivity index (χ2n) is 3.03. The molecular weight excluding hydrogens is 152 g/mol. The average molecular weight is 168 g/mol. The molecule has 1 aromatic heterocycles. The minimum atomic E-state index is 0.702. The molecule has 1 heterocycles. The van der Waals surface area contributed by atoms with E-state index < -0.39 is 0 Å². The van der Waals surface area contributed by atoms with Gasteiger partial charge in [-0.25, -0.2) is 0 Å². The van der Waals surface area contributed by atoms with Crippen molar-refractivity contribution in [3.8, 4) is 0 Å². The summed E-state index contributed by atoms with van der Waals surface area (Å²) in [5.74, 6) is 0.999. The largest absolute Gasteiger partial charge is 0.469 e. The molecule has 3 nitrogen and oxygen atoms in total. The van der Waals surface area contributed by atoms with Crippen molar-refractivity contribution >= 4 is 0 Å². The van der Waals surface area contributed by atoms with Gasteiger partial charge in [-0.2, -0.15) is 0 Å². The molecule has 0 aromatic carbocycles. The summed E-state index contributed by atoms with van der Waals surface area (Å²) in [6.45, 7) is 4.52. The Bertz CT molecular complexity index is 232. The molecule has 12 heavy (non-hydrogen) atoms. The Hall–Kier alpha value is -0.800. The molecule has 3 heteroatoms. The number of furan rings is 1. The molecule has 0 fully saturated rings. The lowest BCUT2D eigenvalue weighted by atomic mass is 10.2. The number of rotatable bonds is 4. The first-order valence-electron chi connectivity index (χ1n) is 4.15. The summed E-state index contributed by atoms with van der Waals surface area (Å²) in [7, 11) is 2.05. The monoisotopic (exact) mass is 168 g/mol. The summed E-state index contributed by atoms with van der Waals surface area (Å²) >= 11 is 0. The van der Waals surface area contributed by atoms with E-state index in [9.17, 15) is 0 Å². The van der Waals surface area contributed by atoms with Crippen LogP contribution in [-0.2, 0) is 6.54 Å². The van der Waals surface area contributed by atoms with Crippen molar-refractivity contribution in [1.82, 2.24) is 4.90 Å². The van der Waals surface area contributed by atoms with Crippen molar-refractivity contribution < 1.29 is 4.42 Å². The van der Waals surface area contributed by atoms with E-state index in [0.29, 0.717) is 6.54 Å². The van der Waals surface area contributed by atoms with Gasteiger partial charge in [-0.3, -0.25) is 0 Å². The van der Waals surface area contributed by atoms with Crippen LogP contribution in [-0.4, -0.2) is 25.0 Å². The van der Waals surface area contributed by atoms with Crippen molar-refractivity contribution in [1.29, 1.82) is 0 Å². The first kappa shape index (κ1) is 9.29. The molecule has 1 aromatic rings. The van der Waals surface area contributed by atoms with Gasteiger partial charge in [0.1, 0.15) is 5.76 Å². The van der Waals surface area contributed by atoms with Crippen molar-refractivity contribution in [2.75, 3.05) is 20.1 Å². The van der Waals surface area contributed by atoms with Gasteiger partial charge in [0.2, 0.25) is 0 Å². The predicted molar refractivity (Wildman–Crippen MR) is 48.8 cm³/mol. The molecule has 0 radical (unpaired) electrons. The summed E-state index contributed by atoms with van der Waals surface area (Å²) in [5, 5.41) is 0. The van der Waals surface area contributed by atoms with Gasteiger partial charge >= 0.3 is 0 Å². The number of nitrogens with zero attached hydrogens (tertiary/aromatic N) is 1. The van der Waals surface area contributed by atoms with E-state index in [4.69, 9.17) is 10.2 Å². The first-order chi connectivity index (χ1) is 5.74. The minimum absolute atomic E-state index is 0.702. The maximum atomic E-state index is 5.43. The van der Waals surface area contributed by atoms with Crippen LogP contribution in [0.2, 0.25) is 0 Å². The zero-order valence-electron chi connectivity index (χ0n) is 7.71. The zero-order chi connectivity index (χ0) is 8.97. The van der Waals surface area contributed by atoms with Gasteiger partial charge in [0.25, 0.3) is 0 Å². The van der Waals surface area contributed by atoms with Crippen LogP contribution in [0.15, 0.2) is 16.7 Å². The smallest absolute Gasteiger partial charge is 0.105 e. The van der Waals surface area contributed by atoms with Gasteiger partial charge < -0.3 is 15.1 Å². The zero-order valence-corrected chi connectivity index (χ0v) is 7.71. The van der Waals surface area contributed by atoms with Crippen LogP contribution in [0.4, 0.5) is 0 Å². The molecule has 2 N–H and O–H groups in total. The Kier molecular flexibility index (Phi) is 3.31.